The molecular formula is C17H11NO4. The number of carbonyl (C=O) groups is 1. The van der Waals surface area contributed by atoms with Crippen LogP contribution in [0.5, 0.6) is 17.2 Å². The Hall–Kier alpha value is -3.26. The Morgan fingerprint density at radius 1 is 1.14 bits per heavy atom. The molecule has 22 heavy (non-hydrogen) atoms. The highest BCUT2D eigenvalue weighted by Crippen LogP contribution is 2.32. The van der Waals surface area contributed by atoms with E-state index in [4.69, 9.17) is 19.5 Å². The molecule has 0 aromatic heterocycles. The summed E-state index contributed by atoms with van der Waals surface area (Å²) in [5.74, 6) is 1.24. The number of hydrogen-bond acceptors (Lipinski definition) is 5. The maximum Gasteiger partial charge on any atom is 0.336 e. The summed E-state index contributed by atoms with van der Waals surface area (Å²) in [5.41, 5.74) is 1.32. The number of fused-ring (bicyclic) bond motifs is 1. The van der Waals surface area contributed by atoms with Crippen LogP contribution in [0.1, 0.15) is 11.1 Å². The molecule has 5 nitrogen and oxygen atoms in total. The molecule has 108 valence electrons. The normalized spacial score (nSPS) is 12.1. The minimum atomic E-state index is -0.498. The molecule has 2 aromatic rings. The van der Waals surface area contributed by atoms with Crippen LogP contribution in [-0.2, 0) is 4.79 Å². The van der Waals surface area contributed by atoms with Crippen LogP contribution in [0.25, 0.3) is 6.08 Å². The van der Waals surface area contributed by atoms with Crippen molar-refractivity contribution in [2.75, 3.05) is 6.79 Å². The number of carbonyl (C=O) groups excluding carboxylic acids is 1. The zero-order chi connectivity index (χ0) is 15.4. The molecule has 0 N–H and O–H groups in total. The van der Waals surface area contributed by atoms with Gasteiger partial charge in [-0.15, -0.1) is 0 Å². The Kier molecular flexibility index (Phi) is 3.75. The van der Waals surface area contributed by atoms with Crippen LogP contribution in [-0.4, -0.2) is 12.8 Å². The molecule has 0 atom stereocenters. The fraction of sp³-hybridized carbons (Fsp3) is 0.0588. The predicted molar refractivity (Wildman–Crippen MR) is 78.4 cm³/mol. The maximum absolute atomic E-state index is 11.7. The summed E-state index contributed by atoms with van der Waals surface area (Å²) < 4.78 is 15.6. The van der Waals surface area contributed by atoms with Crippen LogP contribution in [0.3, 0.4) is 0 Å². The lowest BCUT2D eigenvalue weighted by molar-refractivity contribution is -0.128. The van der Waals surface area contributed by atoms with Gasteiger partial charge in [0.25, 0.3) is 0 Å². The average Bonchev–Trinajstić information content (AvgIpc) is 3.01. The van der Waals surface area contributed by atoms with Crippen molar-refractivity contribution in [3.8, 4) is 23.3 Å². The Balaban J connectivity index is 1.64. The highest BCUT2D eigenvalue weighted by molar-refractivity contribution is 5.88. The van der Waals surface area contributed by atoms with E-state index in [1.807, 2.05) is 12.1 Å². The van der Waals surface area contributed by atoms with Gasteiger partial charge in [-0.2, -0.15) is 5.26 Å². The van der Waals surface area contributed by atoms with Crippen LogP contribution in [0, 0.1) is 11.3 Å². The van der Waals surface area contributed by atoms with E-state index in [1.165, 1.54) is 6.08 Å². The number of nitriles is 1. The smallest absolute Gasteiger partial charge is 0.336 e. The van der Waals surface area contributed by atoms with Crippen molar-refractivity contribution < 1.29 is 19.0 Å². The first-order chi connectivity index (χ1) is 10.7. The molecule has 0 radical (unpaired) electrons. The molecule has 0 aliphatic carbocycles. The zero-order valence-electron chi connectivity index (χ0n) is 11.5. The van der Waals surface area contributed by atoms with Crippen LogP contribution in [0.4, 0.5) is 0 Å². The molecule has 0 saturated heterocycles. The van der Waals surface area contributed by atoms with Crippen molar-refractivity contribution in [3.63, 3.8) is 0 Å². The molecule has 2 aromatic carbocycles. The minimum Gasteiger partial charge on any atom is -0.454 e. The second-order valence-electron chi connectivity index (χ2n) is 4.50. The second-order valence-corrected chi connectivity index (χ2v) is 4.50. The van der Waals surface area contributed by atoms with Gasteiger partial charge in [0, 0.05) is 6.08 Å². The van der Waals surface area contributed by atoms with Crippen molar-refractivity contribution in [1.29, 1.82) is 5.26 Å². The fourth-order valence-corrected chi connectivity index (χ4v) is 1.93. The Labute approximate surface area is 127 Å². The highest BCUT2D eigenvalue weighted by Gasteiger charge is 2.12. The predicted octanol–water partition coefficient (Wildman–Crippen LogP) is 2.91. The van der Waals surface area contributed by atoms with Crippen LogP contribution in [0.15, 0.2) is 48.5 Å². The Bertz CT molecular complexity index is 772. The summed E-state index contributed by atoms with van der Waals surface area (Å²) >= 11 is 0. The number of rotatable bonds is 3. The SMILES string of the molecule is N#Cc1ccc(OC(=O)C=Cc2ccc3c(c2)OCO3)cc1. The molecule has 5 heteroatoms. The first-order valence-electron chi connectivity index (χ1n) is 6.54. The quantitative estimate of drug-likeness (QED) is 0.494. The van der Waals surface area contributed by atoms with Gasteiger partial charge >= 0.3 is 5.97 Å². The summed E-state index contributed by atoms with van der Waals surface area (Å²) in [7, 11) is 0. The van der Waals surface area contributed by atoms with E-state index in [2.05, 4.69) is 0 Å². The first-order valence-corrected chi connectivity index (χ1v) is 6.54. The summed E-state index contributed by atoms with van der Waals surface area (Å²) in [5, 5.41) is 8.70. The Morgan fingerprint density at radius 2 is 1.91 bits per heavy atom. The van der Waals surface area contributed by atoms with Crippen molar-refractivity contribution in [3.05, 3.63) is 59.7 Å². The van der Waals surface area contributed by atoms with E-state index in [-0.39, 0.29) is 6.79 Å². The second kappa shape index (κ2) is 6.02. The van der Waals surface area contributed by atoms with E-state index >= 15 is 0 Å². The topological polar surface area (TPSA) is 68.5 Å². The van der Waals surface area contributed by atoms with E-state index < -0.39 is 5.97 Å². The molecule has 0 bridgehead atoms. The largest absolute Gasteiger partial charge is 0.454 e. The highest BCUT2D eigenvalue weighted by atomic mass is 16.7. The van der Waals surface area contributed by atoms with Crippen LogP contribution < -0.4 is 14.2 Å². The summed E-state index contributed by atoms with van der Waals surface area (Å²) in [6.07, 6.45) is 2.96. The molecule has 0 spiro atoms. The molecule has 1 aliphatic rings. The van der Waals surface area contributed by atoms with E-state index in [0.29, 0.717) is 22.8 Å². The lowest BCUT2D eigenvalue weighted by Gasteiger charge is -2.01. The van der Waals surface area contributed by atoms with Gasteiger partial charge in [-0.05, 0) is 48.0 Å². The lowest BCUT2D eigenvalue weighted by atomic mass is 10.2. The standard InChI is InChI=1S/C17H11NO4/c18-10-13-1-5-14(6-2-13)22-17(19)8-4-12-3-7-15-16(9-12)21-11-20-15/h1-9H,11H2. The number of esters is 1. The molecule has 3 rings (SSSR count). The van der Waals surface area contributed by atoms with E-state index in [0.717, 1.165) is 5.56 Å². The van der Waals surface area contributed by atoms with Gasteiger partial charge in [0.1, 0.15) is 5.75 Å². The van der Waals surface area contributed by atoms with Gasteiger partial charge in [-0.1, -0.05) is 6.07 Å². The Morgan fingerprint density at radius 3 is 2.68 bits per heavy atom. The van der Waals surface area contributed by atoms with Gasteiger partial charge in [0.15, 0.2) is 11.5 Å². The van der Waals surface area contributed by atoms with Gasteiger partial charge < -0.3 is 14.2 Å². The molecule has 1 aliphatic heterocycles. The number of ether oxygens (including phenoxy) is 3. The minimum absolute atomic E-state index is 0.212. The molecule has 0 unspecified atom stereocenters. The zero-order valence-corrected chi connectivity index (χ0v) is 11.5. The van der Waals surface area contributed by atoms with Crippen molar-refractivity contribution in [2.24, 2.45) is 0 Å². The third-order valence-corrected chi connectivity index (χ3v) is 3.01. The maximum atomic E-state index is 11.7. The van der Waals surface area contributed by atoms with Crippen molar-refractivity contribution in [2.45, 2.75) is 0 Å². The monoisotopic (exact) mass is 293 g/mol. The number of nitrogens with zero attached hydrogens (tertiary/aromatic N) is 1. The first kappa shape index (κ1) is 13.7. The van der Waals surface area contributed by atoms with Crippen molar-refractivity contribution >= 4 is 12.0 Å². The van der Waals surface area contributed by atoms with Gasteiger partial charge in [-0.25, -0.2) is 4.79 Å². The molecular weight excluding hydrogens is 282 g/mol. The van der Waals surface area contributed by atoms with E-state index in [9.17, 15) is 4.79 Å². The summed E-state index contributed by atoms with van der Waals surface area (Å²) in [4.78, 5) is 11.7. The molecule has 0 fully saturated rings. The molecule has 0 amide bonds. The summed E-state index contributed by atoms with van der Waals surface area (Å²) in [6.45, 7) is 0.212. The fourth-order valence-electron chi connectivity index (χ4n) is 1.93. The van der Waals surface area contributed by atoms with Gasteiger partial charge in [0.05, 0.1) is 11.6 Å². The van der Waals surface area contributed by atoms with E-state index in [1.54, 1.807) is 42.5 Å². The summed E-state index contributed by atoms with van der Waals surface area (Å²) in [6, 6.07) is 13.7. The third kappa shape index (κ3) is 3.07. The average molecular weight is 293 g/mol. The van der Waals surface area contributed by atoms with Gasteiger partial charge in [0.2, 0.25) is 6.79 Å². The number of benzene rings is 2. The van der Waals surface area contributed by atoms with Gasteiger partial charge in [-0.3, -0.25) is 0 Å². The molecule has 0 saturated carbocycles. The van der Waals surface area contributed by atoms with Crippen LogP contribution >= 0.6 is 0 Å². The third-order valence-electron chi connectivity index (χ3n) is 3.01. The lowest BCUT2D eigenvalue weighted by Crippen LogP contribution is -2.03. The number of hydrogen-bond donors (Lipinski definition) is 0. The molecule has 1 heterocycles. The van der Waals surface area contributed by atoms with Crippen LogP contribution in [0.2, 0.25) is 0 Å². The van der Waals surface area contributed by atoms with Crippen molar-refractivity contribution in [1.82, 2.24) is 0 Å².